The molecular weight excluding hydrogens is 148 g/mol. The van der Waals surface area contributed by atoms with Gasteiger partial charge in [-0.3, -0.25) is 4.79 Å². The smallest absolute Gasteiger partial charge is 0.145 e. The minimum Gasteiger partial charge on any atom is -0.298 e. The summed E-state index contributed by atoms with van der Waals surface area (Å²) in [5.41, 5.74) is 0.794. The van der Waals surface area contributed by atoms with Crippen LogP contribution >= 0.6 is 0 Å². The van der Waals surface area contributed by atoms with E-state index in [1.807, 2.05) is 0 Å². The van der Waals surface area contributed by atoms with Crippen LogP contribution in [0.15, 0.2) is 11.6 Å². The molecule has 4 nitrogen and oxygen atoms in total. The van der Waals surface area contributed by atoms with E-state index in [0.717, 1.165) is 11.9 Å². The number of carbonyl (C=O) groups excluding carboxylic acids is 1. The minimum atomic E-state index is -0.122. The number of rotatable bonds is 3. The van der Waals surface area contributed by atoms with Crippen LogP contribution in [-0.4, -0.2) is 17.6 Å². The summed E-state index contributed by atoms with van der Waals surface area (Å²) in [4.78, 5) is 14.7. The Morgan fingerprint density at radius 2 is 2.55 bits per heavy atom. The van der Waals surface area contributed by atoms with E-state index in [0.29, 0.717) is 19.3 Å². The molecule has 0 amide bonds. The average Bonchev–Trinajstić information content (AvgIpc) is 2.07. The fourth-order valence-electron chi connectivity index (χ4n) is 1.09. The first-order valence-electron chi connectivity index (χ1n) is 3.48. The first kappa shape index (κ1) is 8.39. The van der Waals surface area contributed by atoms with Gasteiger partial charge in [-0.25, -0.2) is 10.1 Å². The second kappa shape index (κ2) is 4.23. The van der Waals surface area contributed by atoms with Gasteiger partial charge in [-0.05, 0) is 24.8 Å². The van der Waals surface area contributed by atoms with E-state index in [9.17, 15) is 4.79 Å². The van der Waals surface area contributed by atoms with Crippen molar-refractivity contribution in [1.82, 2.24) is 0 Å². The van der Waals surface area contributed by atoms with Crippen LogP contribution in [0.4, 0.5) is 0 Å². The second-order valence-electron chi connectivity index (χ2n) is 2.46. The van der Waals surface area contributed by atoms with Gasteiger partial charge in [0.25, 0.3) is 0 Å². The highest BCUT2D eigenvalue weighted by Gasteiger charge is 2.14. The molecule has 1 atom stereocenters. The van der Waals surface area contributed by atoms with E-state index in [-0.39, 0.29) is 6.10 Å². The van der Waals surface area contributed by atoms with E-state index >= 15 is 0 Å². The molecule has 1 aliphatic rings. The lowest BCUT2D eigenvalue weighted by atomic mass is 9.98. The fraction of sp³-hybridized carbons (Fsp3) is 0.571. The highest BCUT2D eigenvalue weighted by atomic mass is 17.5. The molecule has 0 aromatic carbocycles. The Kier molecular flexibility index (Phi) is 3.22. The van der Waals surface area contributed by atoms with Crippen LogP contribution < -0.4 is 0 Å². The summed E-state index contributed by atoms with van der Waals surface area (Å²) >= 11 is 0. The van der Waals surface area contributed by atoms with Crippen molar-refractivity contribution in [3.63, 3.8) is 0 Å². The second-order valence-corrected chi connectivity index (χ2v) is 2.46. The summed E-state index contributed by atoms with van der Waals surface area (Å²) in [6.07, 6.45) is 4.54. The van der Waals surface area contributed by atoms with Gasteiger partial charge in [-0.2, -0.15) is 0 Å². The van der Waals surface area contributed by atoms with E-state index in [1.54, 1.807) is 6.08 Å². The number of hydrogen-bond donors (Lipinski definition) is 1. The van der Waals surface area contributed by atoms with Crippen LogP contribution in [0.3, 0.4) is 0 Å². The third-order valence-electron chi connectivity index (χ3n) is 1.73. The van der Waals surface area contributed by atoms with Crippen molar-refractivity contribution in [2.24, 2.45) is 0 Å². The van der Waals surface area contributed by atoms with Gasteiger partial charge in [0.15, 0.2) is 0 Å². The van der Waals surface area contributed by atoms with E-state index < -0.39 is 0 Å². The lowest BCUT2D eigenvalue weighted by Gasteiger charge is -2.16. The van der Waals surface area contributed by atoms with E-state index in [1.165, 1.54) is 0 Å². The zero-order valence-corrected chi connectivity index (χ0v) is 6.03. The molecule has 0 aromatic heterocycles. The summed E-state index contributed by atoms with van der Waals surface area (Å²) < 4.78 is 0. The van der Waals surface area contributed by atoms with Crippen LogP contribution in [0.25, 0.3) is 0 Å². The van der Waals surface area contributed by atoms with Crippen molar-refractivity contribution in [3.05, 3.63) is 11.6 Å². The van der Waals surface area contributed by atoms with Gasteiger partial charge in [0.05, 0.1) is 6.10 Å². The summed E-state index contributed by atoms with van der Waals surface area (Å²) in [5, 5.41) is 11.5. The molecule has 0 radical (unpaired) electrons. The fourth-order valence-corrected chi connectivity index (χ4v) is 1.09. The molecule has 0 fully saturated rings. The number of allylic oxidation sites excluding steroid dienone is 1. The molecule has 0 spiro atoms. The highest BCUT2D eigenvalue weighted by Crippen LogP contribution is 2.18. The van der Waals surface area contributed by atoms with Crippen molar-refractivity contribution >= 4 is 6.29 Å². The predicted molar refractivity (Wildman–Crippen MR) is 36.6 cm³/mol. The van der Waals surface area contributed by atoms with Gasteiger partial charge in [0.1, 0.15) is 6.29 Å². The van der Waals surface area contributed by atoms with Crippen LogP contribution in [0.1, 0.15) is 19.3 Å². The maximum Gasteiger partial charge on any atom is 0.145 e. The maximum atomic E-state index is 10.2. The Morgan fingerprint density at radius 1 is 1.73 bits per heavy atom. The van der Waals surface area contributed by atoms with Gasteiger partial charge in [-0.15, -0.1) is 0 Å². The van der Waals surface area contributed by atoms with Crippen LogP contribution in [0.2, 0.25) is 0 Å². The van der Waals surface area contributed by atoms with Gasteiger partial charge in [0, 0.05) is 0 Å². The SMILES string of the molecule is O=CC1=CCC(OOO)CC1. The lowest BCUT2D eigenvalue weighted by Crippen LogP contribution is -2.15. The Labute approximate surface area is 64.3 Å². The maximum absolute atomic E-state index is 10.2. The predicted octanol–water partition coefficient (Wildman–Crippen LogP) is 1.09. The molecule has 0 heterocycles. The normalized spacial score (nSPS) is 24.5. The van der Waals surface area contributed by atoms with E-state index in [2.05, 4.69) is 9.93 Å². The van der Waals surface area contributed by atoms with Crippen molar-refractivity contribution < 1.29 is 20.0 Å². The molecular formula is C7H10O4. The third-order valence-corrected chi connectivity index (χ3v) is 1.73. The molecule has 1 N–H and O–H groups in total. The van der Waals surface area contributed by atoms with Gasteiger partial charge in [0.2, 0.25) is 0 Å². The van der Waals surface area contributed by atoms with Crippen LogP contribution in [-0.2, 0) is 14.7 Å². The lowest BCUT2D eigenvalue weighted by molar-refractivity contribution is -0.506. The Morgan fingerprint density at radius 3 is 3.00 bits per heavy atom. The number of hydrogen-bond acceptors (Lipinski definition) is 4. The topological polar surface area (TPSA) is 55.8 Å². The molecule has 62 valence electrons. The molecule has 1 rings (SSSR count). The van der Waals surface area contributed by atoms with E-state index in [4.69, 9.17) is 5.26 Å². The Hall–Kier alpha value is -0.710. The first-order valence-corrected chi connectivity index (χ1v) is 3.48. The summed E-state index contributed by atoms with van der Waals surface area (Å²) in [6.45, 7) is 0. The molecule has 11 heavy (non-hydrogen) atoms. The minimum absolute atomic E-state index is 0.122. The standard InChI is InChI=1S/C7H10O4/c8-5-6-1-3-7(4-2-6)10-11-9/h1,5,7,9H,2-4H2. The quantitative estimate of drug-likeness (QED) is 0.379. The van der Waals surface area contributed by atoms with Gasteiger partial charge >= 0.3 is 0 Å². The van der Waals surface area contributed by atoms with Crippen LogP contribution in [0.5, 0.6) is 0 Å². The summed E-state index contributed by atoms with van der Waals surface area (Å²) in [7, 11) is 0. The molecule has 1 aliphatic carbocycles. The molecule has 0 aliphatic heterocycles. The number of aldehydes is 1. The molecule has 0 bridgehead atoms. The van der Waals surface area contributed by atoms with Gasteiger partial charge in [-0.1, -0.05) is 11.1 Å². The number of carbonyl (C=O) groups is 1. The average molecular weight is 158 g/mol. The monoisotopic (exact) mass is 158 g/mol. The Balaban J connectivity index is 2.35. The summed E-state index contributed by atoms with van der Waals surface area (Å²) in [5.74, 6) is 0. The summed E-state index contributed by atoms with van der Waals surface area (Å²) in [6, 6.07) is 0. The Bertz CT molecular complexity index is 164. The zero-order valence-electron chi connectivity index (χ0n) is 6.03. The molecule has 0 saturated heterocycles. The van der Waals surface area contributed by atoms with Crippen molar-refractivity contribution in [2.45, 2.75) is 25.4 Å². The van der Waals surface area contributed by atoms with Crippen LogP contribution in [0, 0.1) is 0 Å². The molecule has 4 heteroatoms. The molecule has 0 saturated carbocycles. The van der Waals surface area contributed by atoms with Crippen molar-refractivity contribution in [1.29, 1.82) is 0 Å². The van der Waals surface area contributed by atoms with Gasteiger partial charge < -0.3 is 0 Å². The first-order chi connectivity index (χ1) is 5.36. The molecule has 1 unspecified atom stereocenters. The largest absolute Gasteiger partial charge is 0.298 e. The highest BCUT2D eigenvalue weighted by molar-refractivity contribution is 5.73. The molecule has 0 aromatic rings. The van der Waals surface area contributed by atoms with Crippen molar-refractivity contribution in [3.8, 4) is 0 Å². The zero-order chi connectivity index (χ0) is 8.10. The van der Waals surface area contributed by atoms with Crippen molar-refractivity contribution in [2.75, 3.05) is 0 Å². The third kappa shape index (κ3) is 2.42.